The second-order valence-electron chi connectivity index (χ2n) is 7.10. The molecule has 0 amide bonds. The number of benzene rings is 1. The molecule has 8 nitrogen and oxygen atoms in total. The third-order valence-corrected chi connectivity index (χ3v) is 6.21. The largest absolute Gasteiger partial charge is 0.491 e. The molecule has 0 bridgehead atoms. The predicted molar refractivity (Wildman–Crippen MR) is 104 cm³/mol. The lowest BCUT2D eigenvalue weighted by Gasteiger charge is -2.35. The number of hydrogen-bond acceptors (Lipinski definition) is 7. The highest BCUT2D eigenvalue weighted by Gasteiger charge is 2.31. The molecular weight excluding hydrogens is 370 g/mol. The van der Waals surface area contributed by atoms with Gasteiger partial charge in [-0.3, -0.25) is 0 Å². The van der Waals surface area contributed by atoms with Crippen LogP contribution in [0.5, 0.6) is 5.75 Å². The first kappa shape index (κ1) is 21.8. The SMILES string of the molecule is Cc1cc(OC[C@H](O)CO)cc(C)c1/C=C/S(=O)(=O)N1CCC(N)(N)CC1. The predicted octanol–water partition coefficient (Wildman–Crippen LogP) is 0.0454. The maximum atomic E-state index is 12.6. The Morgan fingerprint density at radius 1 is 1.26 bits per heavy atom. The van der Waals surface area contributed by atoms with Crippen LogP contribution < -0.4 is 16.2 Å². The van der Waals surface area contributed by atoms with Gasteiger partial charge in [0.15, 0.2) is 0 Å². The lowest BCUT2D eigenvalue weighted by molar-refractivity contribution is 0.0536. The second kappa shape index (κ2) is 8.68. The number of nitrogens with two attached hydrogens (primary N) is 2. The summed E-state index contributed by atoms with van der Waals surface area (Å²) in [6, 6.07) is 3.53. The molecule has 152 valence electrons. The number of piperidine rings is 1. The van der Waals surface area contributed by atoms with E-state index in [-0.39, 0.29) is 13.2 Å². The van der Waals surface area contributed by atoms with E-state index in [1.807, 2.05) is 13.8 Å². The second-order valence-corrected chi connectivity index (χ2v) is 8.92. The van der Waals surface area contributed by atoms with E-state index < -0.39 is 21.8 Å². The fourth-order valence-corrected chi connectivity index (χ4v) is 4.10. The Morgan fingerprint density at radius 2 is 1.81 bits per heavy atom. The summed E-state index contributed by atoms with van der Waals surface area (Å²) in [5, 5.41) is 19.4. The third kappa shape index (κ3) is 6.00. The molecule has 6 N–H and O–H groups in total. The molecular formula is C18H29N3O5S. The molecule has 27 heavy (non-hydrogen) atoms. The van der Waals surface area contributed by atoms with E-state index in [2.05, 4.69) is 0 Å². The maximum absolute atomic E-state index is 12.6. The zero-order valence-electron chi connectivity index (χ0n) is 15.8. The van der Waals surface area contributed by atoms with E-state index in [1.54, 1.807) is 18.2 Å². The van der Waals surface area contributed by atoms with Gasteiger partial charge in [0, 0.05) is 18.5 Å². The van der Waals surface area contributed by atoms with E-state index >= 15 is 0 Å². The fraction of sp³-hybridized carbons (Fsp3) is 0.556. The summed E-state index contributed by atoms with van der Waals surface area (Å²) >= 11 is 0. The highest BCUT2D eigenvalue weighted by atomic mass is 32.2. The molecule has 9 heteroatoms. The summed E-state index contributed by atoms with van der Waals surface area (Å²) in [5.41, 5.74) is 13.4. The van der Waals surface area contributed by atoms with E-state index in [0.717, 1.165) is 16.7 Å². The lowest BCUT2D eigenvalue weighted by Crippen LogP contribution is -2.57. The summed E-state index contributed by atoms with van der Waals surface area (Å²) in [6.45, 7) is 3.93. The van der Waals surface area contributed by atoms with Crippen LogP contribution in [0.1, 0.15) is 29.5 Å². The molecule has 0 aromatic heterocycles. The number of aliphatic hydroxyl groups excluding tert-OH is 2. The van der Waals surface area contributed by atoms with Gasteiger partial charge in [0.2, 0.25) is 10.0 Å². The van der Waals surface area contributed by atoms with Gasteiger partial charge < -0.3 is 26.4 Å². The molecule has 1 aromatic carbocycles. The average molecular weight is 400 g/mol. The molecule has 0 aliphatic carbocycles. The van der Waals surface area contributed by atoms with Gasteiger partial charge in [0.1, 0.15) is 18.5 Å². The van der Waals surface area contributed by atoms with E-state index in [0.29, 0.717) is 31.7 Å². The molecule has 1 fully saturated rings. The van der Waals surface area contributed by atoms with Gasteiger partial charge in [-0.1, -0.05) is 0 Å². The summed E-state index contributed by atoms with van der Waals surface area (Å²) in [5.74, 6) is 0.552. The molecule has 1 aliphatic rings. The first-order valence-corrected chi connectivity index (χ1v) is 10.3. The van der Waals surface area contributed by atoms with Crippen molar-refractivity contribution < 1.29 is 23.4 Å². The summed E-state index contributed by atoms with van der Waals surface area (Å²) in [7, 11) is -3.55. The fourth-order valence-electron chi connectivity index (χ4n) is 2.92. The van der Waals surface area contributed by atoms with Crippen LogP contribution >= 0.6 is 0 Å². The van der Waals surface area contributed by atoms with Gasteiger partial charge in [-0.05, 0) is 61.6 Å². The van der Waals surface area contributed by atoms with Gasteiger partial charge in [0.05, 0.1) is 12.3 Å². The van der Waals surface area contributed by atoms with Crippen molar-refractivity contribution in [1.29, 1.82) is 0 Å². The molecule has 1 aromatic rings. The highest BCUT2D eigenvalue weighted by molar-refractivity contribution is 7.92. The van der Waals surface area contributed by atoms with Crippen molar-refractivity contribution in [2.24, 2.45) is 11.5 Å². The van der Waals surface area contributed by atoms with Gasteiger partial charge in [-0.25, -0.2) is 8.42 Å². The van der Waals surface area contributed by atoms with E-state index in [4.69, 9.17) is 21.3 Å². The zero-order valence-corrected chi connectivity index (χ0v) is 16.6. The number of aliphatic hydroxyl groups is 2. The first-order chi connectivity index (χ1) is 12.5. The molecule has 2 rings (SSSR count). The summed E-state index contributed by atoms with van der Waals surface area (Å²) < 4.78 is 31.9. The molecule has 1 aliphatic heterocycles. The molecule has 0 radical (unpaired) electrons. The number of aryl methyl sites for hydroxylation is 2. The molecule has 1 heterocycles. The van der Waals surface area contributed by atoms with Crippen LogP contribution in [-0.2, 0) is 10.0 Å². The molecule has 0 saturated carbocycles. The van der Waals surface area contributed by atoms with Crippen molar-refractivity contribution in [1.82, 2.24) is 4.31 Å². The van der Waals surface area contributed by atoms with Crippen LogP contribution in [0, 0.1) is 13.8 Å². The Labute approximate surface area is 160 Å². The third-order valence-electron chi connectivity index (χ3n) is 4.64. The Hall–Kier alpha value is -1.49. The number of ether oxygens (including phenoxy) is 1. The summed E-state index contributed by atoms with van der Waals surface area (Å²) in [6.07, 6.45) is 1.48. The Morgan fingerprint density at radius 3 is 2.33 bits per heavy atom. The van der Waals surface area contributed by atoms with E-state index in [1.165, 1.54) is 9.71 Å². The van der Waals surface area contributed by atoms with Crippen molar-refractivity contribution in [2.45, 2.75) is 38.5 Å². The van der Waals surface area contributed by atoms with Crippen LogP contribution in [-0.4, -0.2) is 61.0 Å². The van der Waals surface area contributed by atoms with Gasteiger partial charge in [0.25, 0.3) is 0 Å². The lowest BCUT2D eigenvalue weighted by atomic mass is 10.0. The van der Waals surface area contributed by atoms with Gasteiger partial charge in [-0.15, -0.1) is 0 Å². The minimum atomic E-state index is -3.55. The number of rotatable bonds is 7. The van der Waals surface area contributed by atoms with Crippen molar-refractivity contribution in [3.05, 3.63) is 34.2 Å². The van der Waals surface area contributed by atoms with Crippen molar-refractivity contribution >= 4 is 16.1 Å². The number of hydrogen-bond donors (Lipinski definition) is 4. The smallest absolute Gasteiger partial charge is 0.236 e. The Kier molecular flexibility index (Phi) is 7.01. The van der Waals surface area contributed by atoms with Crippen LogP contribution in [0.4, 0.5) is 0 Å². The standard InChI is InChI=1S/C18H29N3O5S/c1-13-9-16(26-12-15(23)11-22)10-14(2)17(13)3-8-27(24,25)21-6-4-18(19,20)5-7-21/h3,8-10,15,22-23H,4-7,11-12,19-20H2,1-2H3/b8-3+/t15-/m1/s1. The minimum absolute atomic E-state index is 0.0162. The monoisotopic (exact) mass is 399 g/mol. The number of nitrogens with zero attached hydrogens (tertiary/aromatic N) is 1. The van der Waals surface area contributed by atoms with Gasteiger partial charge in [-0.2, -0.15) is 4.31 Å². The van der Waals surface area contributed by atoms with Crippen molar-refractivity contribution in [2.75, 3.05) is 26.3 Å². The normalized spacial score (nSPS) is 19.3. The van der Waals surface area contributed by atoms with Crippen LogP contribution in [0.25, 0.3) is 6.08 Å². The maximum Gasteiger partial charge on any atom is 0.236 e. The highest BCUT2D eigenvalue weighted by Crippen LogP contribution is 2.25. The topological polar surface area (TPSA) is 139 Å². The van der Waals surface area contributed by atoms with E-state index in [9.17, 15) is 13.5 Å². The molecule has 0 spiro atoms. The zero-order chi connectivity index (χ0) is 20.2. The molecule has 0 unspecified atom stereocenters. The van der Waals surface area contributed by atoms with Crippen molar-refractivity contribution in [3.63, 3.8) is 0 Å². The first-order valence-electron chi connectivity index (χ1n) is 8.83. The Bertz CT molecular complexity index is 759. The minimum Gasteiger partial charge on any atom is -0.491 e. The van der Waals surface area contributed by atoms with Gasteiger partial charge >= 0.3 is 0 Å². The Balaban J connectivity index is 2.12. The quantitative estimate of drug-likeness (QED) is 0.475. The van der Waals surface area contributed by atoms with Crippen LogP contribution in [0.3, 0.4) is 0 Å². The van der Waals surface area contributed by atoms with Crippen molar-refractivity contribution in [3.8, 4) is 5.75 Å². The average Bonchev–Trinajstić information content (AvgIpc) is 2.58. The number of sulfonamides is 1. The molecule has 1 atom stereocenters. The van der Waals surface area contributed by atoms with Crippen LogP contribution in [0.2, 0.25) is 0 Å². The summed E-state index contributed by atoms with van der Waals surface area (Å²) in [4.78, 5) is 0. The molecule has 1 saturated heterocycles. The van der Waals surface area contributed by atoms with Crippen LogP contribution in [0.15, 0.2) is 17.5 Å².